The molecule has 0 saturated heterocycles. The quantitative estimate of drug-likeness (QED) is 0.0825. The fourth-order valence-electron chi connectivity index (χ4n) is 4.67. The minimum absolute atomic E-state index is 0.00718. The molecule has 0 atom stereocenters. The van der Waals surface area contributed by atoms with Crippen LogP contribution in [0.1, 0.15) is 11.1 Å². The Balaban J connectivity index is 0.00000113. The lowest BCUT2D eigenvalue weighted by Crippen LogP contribution is -2.05. The van der Waals surface area contributed by atoms with Gasteiger partial charge in [-0.15, -0.1) is 0 Å². The Hall–Kier alpha value is -4.84. The molecule has 5 rings (SSSR count). The van der Waals surface area contributed by atoms with Crippen LogP contribution < -0.4 is 25.4 Å². The Bertz CT molecular complexity index is 1810. The Kier molecular flexibility index (Phi) is 11.8. The molecule has 4 N–H and O–H groups in total. The van der Waals surface area contributed by atoms with Crippen molar-refractivity contribution in [3.05, 3.63) is 88.8 Å². The number of nitrogens with one attached hydrogen (secondary N) is 3. The van der Waals surface area contributed by atoms with Crippen LogP contribution in [0, 0.1) is 6.92 Å². The van der Waals surface area contributed by atoms with E-state index < -0.39 is 0 Å². The van der Waals surface area contributed by atoms with Crippen molar-refractivity contribution in [1.29, 1.82) is 0 Å². The summed E-state index contributed by atoms with van der Waals surface area (Å²) in [6.45, 7) is 6.01. The van der Waals surface area contributed by atoms with Crippen LogP contribution in [0.25, 0.3) is 22.0 Å². The molecule has 13 heteroatoms. The maximum Gasteiger partial charge on any atom is 0.142 e. The zero-order valence-corrected chi connectivity index (χ0v) is 27.4. The lowest BCUT2D eigenvalue weighted by atomic mass is 10.1. The van der Waals surface area contributed by atoms with Crippen molar-refractivity contribution in [3.8, 4) is 22.8 Å². The van der Waals surface area contributed by atoms with Gasteiger partial charge in [-0.05, 0) is 36.8 Å². The second-order valence-electron chi connectivity index (χ2n) is 9.86. The highest BCUT2D eigenvalue weighted by atomic mass is 35.5. The summed E-state index contributed by atoms with van der Waals surface area (Å²) < 4.78 is 12.7. The van der Waals surface area contributed by atoms with Gasteiger partial charge in [0.15, 0.2) is 0 Å². The molecule has 0 aliphatic carbocycles. The van der Waals surface area contributed by atoms with E-state index in [4.69, 9.17) is 47.4 Å². The standard InChI is InChI=1S/C30H31Cl2N7O3.C3H4O/c1-17-6-5-7-21(33-2)29(17)38-25-11-20-19(15-34-25)10-22(26-27(31)23(41-3)12-24(42-4)28(26)32)37-30(20)35-13-18-14-36-39(16-18)8-9-40;1-2-3-4/h5-7,10-12,14-16,33,40H,8-9,13H2,1-4H3,(H,34,38)(H,35,37);2-3H,1H2. The van der Waals surface area contributed by atoms with Crippen LogP contribution >= 0.6 is 23.2 Å². The van der Waals surface area contributed by atoms with Crippen LogP contribution in [0.15, 0.2) is 67.6 Å². The van der Waals surface area contributed by atoms with Gasteiger partial charge in [0.1, 0.15) is 29.4 Å². The molecule has 0 unspecified atom stereocenters. The molecule has 0 fully saturated rings. The monoisotopic (exact) mass is 663 g/mol. The molecule has 3 heterocycles. The number of fused-ring (bicyclic) bond motifs is 1. The first-order valence-electron chi connectivity index (χ1n) is 14.2. The van der Waals surface area contributed by atoms with E-state index in [1.807, 2.05) is 50.5 Å². The number of hydrogen-bond donors (Lipinski definition) is 4. The van der Waals surface area contributed by atoms with E-state index in [9.17, 15) is 5.11 Å². The topological polar surface area (TPSA) is 135 Å². The fraction of sp³-hybridized carbons (Fsp3) is 0.212. The van der Waals surface area contributed by atoms with Gasteiger partial charge in [-0.25, -0.2) is 9.97 Å². The number of aliphatic hydroxyl groups excluding tert-OH is 1. The number of carbonyl (C=O) groups excluding carboxylic acids is 1. The van der Waals surface area contributed by atoms with Gasteiger partial charge in [0.2, 0.25) is 0 Å². The number of carbonyl (C=O) groups is 1. The number of allylic oxidation sites excluding steroid dienone is 1. The van der Waals surface area contributed by atoms with Crippen LogP contribution in [0.5, 0.6) is 11.5 Å². The number of hydrogen-bond acceptors (Lipinski definition) is 10. The molecule has 0 spiro atoms. The third kappa shape index (κ3) is 7.68. The van der Waals surface area contributed by atoms with Crippen molar-refractivity contribution >= 4 is 63.3 Å². The summed E-state index contributed by atoms with van der Waals surface area (Å²) in [5.41, 5.74) is 4.90. The average molecular weight is 665 g/mol. The number of aliphatic hydroxyl groups is 1. The predicted molar refractivity (Wildman–Crippen MR) is 185 cm³/mol. The van der Waals surface area contributed by atoms with Crippen LogP contribution in [0.3, 0.4) is 0 Å². The number of aldehydes is 1. The molecule has 11 nitrogen and oxygen atoms in total. The van der Waals surface area contributed by atoms with Crippen molar-refractivity contribution in [1.82, 2.24) is 19.7 Å². The van der Waals surface area contributed by atoms with Crippen molar-refractivity contribution in [2.24, 2.45) is 0 Å². The van der Waals surface area contributed by atoms with Gasteiger partial charge < -0.3 is 30.5 Å². The molecule has 0 aliphatic heterocycles. The molecule has 3 aromatic heterocycles. The minimum Gasteiger partial charge on any atom is -0.495 e. The molecular weight excluding hydrogens is 629 g/mol. The van der Waals surface area contributed by atoms with Crippen LogP contribution in [0.4, 0.5) is 23.0 Å². The van der Waals surface area contributed by atoms with Gasteiger partial charge in [0.05, 0.1) is 60.7 Å². The van der Waals surface area contributed by atoms with Crippen molar-refractivity contribution in [2.75, 3.05) is 43.8 Å². The number of nitrogens with zero attached hydrogens (tertiary/aromatic N) is 4. The van der Waals surface area contributed by atoms with E-state index in [0.29, 0.717) is 63.8 Å². The molecule has 0 saturated carbocycles. The zero-order chi connectivity index (χ0) is 33.2. The molecule has 0 aliphatic rings. The Morgan fingerprint density at radius 3 is 2.43 bits per heavy atom. The third-order valence-corrected chi connectivity index (χ3v) is 7.66. The molecule has 0 radical (unpaired) electrons. The zero-order valence-electron chi connectivity index (χ0n) is 25.9. The van der Waals surface area contributed by atoms with E-state index in [1.54, 1.807) is 23.1 Å². The molecule has 2 aromatic carbocycles. The highest BCUT2D eigenvalue weighted by molar-refractivity contribution is 6.41. The van der Waals surface area contributed by atoms with Gasteiger partial charge in [-0.3, -0.25) is 9.48 Å². The first-order chi connectivity index (χ1) is 22.3. The van der Waals surface area contributed by atoms with Gasteiger partial charge in [0.25, 0.3) is 0 Å². The summed E-state index contributed by atoms with van der Waals surface area (Å²) in [6.07, 6.45) is 7.24. The second-order valence-corrected chi connectivity index (χ2v) is 10.6. The Labute approximate surface area is 277 Å². The number of para-hydroxylation sites is 1. The van der Waals surface area contributed by atoms with E-state index in [-0.39, 0.29) is 6.61 Å². The molecule has 5 aromatic rings. The summed E-state index contributed by atoms with van der Waals surface area (Å²) in [5, 5.41) is 26.0. The van der Waals surface area contributed by atoms with Crippen molar-refractivity contribution in [3.63, 3.8) is 0 Å². The predicted octanol–water partition coefficient (Wildman–Crippen LogP) is 6.89. The number of pyridine rings is 2. The number of aromatic nitrogens is 4. The van der Waals surface area contributed by atoms with Gasteiger partial charge in [-0.1, -0.05) is 41.9 Å². The lowest BCUT2D eigenvalue weighted by molar-refractivity contribution is -0.104. The van der Waals surface area contributed by atoms with Crippen LogP contribution in [0.2, 0.25) is 10.0 Å². The van der Waals surface area contributed by atoms with Crippen molar-refractivity contribution < 1.29 is 19.4 Å². The molecule has 0 amide bonds. The summed E-state index contributed by atoms with van der Waals surface area (Å²) in [4.78, 5) is 18.7. The number of rotatable bonds is 12. The Morgan fingerprint density at radius 1 is 1.09 bits per heavy atom. The van der Waals surface area contributed by atoms with E-state index in [1.165, 1.54) is 20.3 Å². The lowest BCUT2D eigenvalue weighted by Gasteiger charge is -2.17. The molecular formula is C33H35Cl2N7O4. The van der Waals surface area contributed by atoms with E-state index >= 15 is 0 Å². The van der Waals surface area contributed by atoms with Gasteiger partial charge in [-0.2, -0.15) is 5.10 Å². The summed E-state index contributed by atoms with van der Waals surface area (Å²) in [5.74, 6) is 2.07. The van der Waals surface area contributed by atoms with Crippen LogP contribution in [-0.4, -0.2) is 59.0 Å². The largest absolute Gasteiger partial charge is 0.495 e. The van der Waals surface area contributed by atoms with E-state index in [0.717, 1.165) is 33.3 Å². The highest BCUT2D eigenvalue weighted by Gasteiger charge is 2.21. The number of anilines is 4. The highest BCUT2D eigenvalue weighted by Crippen LogP contribution is 2.46. The maximum atomic E-state index is 9.25. The van der Waals surface area contributed by atoms with Crippen molar-refractivity contribution in [2.45, 2.75) is 20.0 Å². The number of benzene rings is 2. The molecule has 0 bridgehead atoms. The fourth-order valence-corrected chi connectivity index (χ4v) is 5.36. The number of methoxy groups -OCH3 is 2. The average Bonchev–Trinajstić information content (AvgIpc) is 3.52. The SMILES string of the molecule is C=CC=O.CNc1cccc(C)c1Nc1cc2c(NCc3cnn(CCO)c3)nc(-c3c(Cl)c(OC)cc(OC)c3Cl)cc2cn1. The smallest absolute Gasteiger partial charge is 0.142 e. The number of ether oxygens (including phenoxy) is 2. The van der Waals surface area contributed by atoms with E-state index in [2.05, 4.69) is 27.6 Å². The van der Waals surface area contributed by atoms with Gasteiger partial charge in [0, 0.05) is 54.0 Å². The number of aryl methyl sites for hydroxylation is 1. The normalized spacial score (nSPS) is 10.5. The maximum absolute atomic E-state index is 9.25. The summed E-state index contributed by atoms with van der Waals surface area (Å²) in [7, 11) is 4.94. The van der Waals surface area contributed by atoms with Crippen LogP contribution in [-0.2, 0) is 17.9 Å². The Morgan fingerprint density at radius 2 is 1.80 bits per heavy atom. The summed E-state index contributed by atoms with van der Waals surface area (Å²) in [6, 6.07) is 11.5. The summed E-state index contributed by atoms with van der Waals surface area (Å²) >= 11 is 13.5. The van der Waals surface area contributed by atoms with Gasteiger partial charge >= 0.3 is 0 Å². The number of halogens is 2. The third-order valence-electron chi connectivity index (χ3n) is 6.91. The first-order valence-corrected chi connectivity index (χ1v) is 14.9. The molecule has 240 valence electrons. The first kappa shape index (κ1) is 34.0. The molecule has 46 heavy (non-hydrogen) atoms. The second kappa shape index (κ2) is 15.9. The minimum atomic E-state index is 0.00718.